The molecule has 13 heteroatoms. The zero-order chi connectivity index (χ0) is 32.4. The molecule has 2 nitrogen and oxygen atoms in total. The molecule has 2 aromatic rings. The van der Waals surface area contributed by atoms with E-state index >= 15 is 0 Å². The third-order valence-corrected chi connectivity index (χ3v) is 10.4. The number of halogens is 10. The van der Waals surface area contributed by atoms with E-state index in [0.29, 0.717) is 0 Å². The summed E-state index contributed by atoms with van der Waals surface area (Å²) in [5, 5.41) is 20.3. The predicted molar refractivity (Wildman–Crippen MR) is 132 cm³/mol. The molecule has 0 heterocycles. The summed E-state index contributed by atoms with van der Waals surface area (Å²) in [5.41, 5.74) is 3.42. The van der Waals surface area contributed by atoms with E-state index in [-0.39, 0.29) is 0 Å². The first-order chi connectivity index (χ1) is 20.3. The number of rotatable bonds is 8. The van der Waals surface area contributed by atoms with Crippen molar-refractivity contribution >= 4 is 0 Å². The number of hydrogen-bond acceptors (Lipinski definition) is 2. The monoisotopic (exact) mass is 698 g/mol. The minimum atomic E-state index is -2.33. The molecule has 0 N–H and O–H groups in total. The van der Waals surface area contributed by atoms with E-state index in [4.69, 9.17) is 0 Å². The summed E-state index contributed by atoms with van der Waals surface area (Å²) >= 11 is -0.463. The second-order valence-corrected chi connectivity index (χ2v) is 12.9. The molecule has 2 aliphatic rings. The third-order valence-electron chi connectivity index (χ3n) is 6.30. The van der Waals surface area contributed by atoms with E-state index in [0.717, 1.165) is 0 Å². The van der Waals surface area contributed by atoms with Crippen LogP contribution >= 0.6 is 0 Å². The fraction of sp³-hybridized carbons (Fsp3) is 0.333. The van der Waals surface area contributed by atoms with Crippen LogP contribution in [-0.2, 0) is 23.2 Å². The molecule has 4 rings (SSSR count). The Morgan fingerprint density at radius 2 is 0.791 bits per heavy atom. The number of benzene rings is 2. The molecule has 0 radical (unpaired) electrons. The van der Waals surface area contributed by atoms with Crippen molar-refractivity contribution < 1.29 is 77.4 Å². The Kier molecular flexibility index (Phi) is 14.3. The Bertz CT molecular complexity index is 1130. The van der Waals surface area contributed by atoms with Crippen molar-refractivity contribution in [3.05, 3.63) is 100 Å². The summed E-state index contributed by atoms with van der Waals surface area (Å²) in [4.78, 5) is 0. The van der Waals surface area contributed by atoms with Gasteiger partial charge in [-0.2, -0.15) is 0 Å². The number of unbranched alkanes of at least 4 members (excludes halogenated alkanes) is 2. The molecule has 0 spiro atoms. The molecule has 0 unspecified atom stereocenters. The van der Waals surface area contributed by atoms with Gasteiger partial charge in [0.1, 0.15) is 0 Å². The van der Waals surface area contributed by atoms with Gasteiger partial charge < -0.3 is 10.2 Å². The van der Waals surface area contributed by atoms with Crippen molar-refractivity contribution in [3.8, 4) is 11.5 Å². The quantitative estimate of drug-likeness (QED) is 0.157. The van der Waals surface area contributed by atoms with Gasteiger partial charge in [-0.3, -0.25) is 0 Å². The van der Waals surface area contributed by atoms with Gasteiger partial charge >= 0.3 is 130 Å². The van der Waals surface area contributed by atoms with E-state index < -0.39 is 92.9 Å². The van der Waals surface area contributed by atoms with Crippen LogP contribution in [0.1, 0.15) is 65.2 Å². The molecule has 0 saturated carbocycles. The Balaban J connectivity index is 0.000000236. The van der Waals surface area contributed by atoms with Crippen molar-refractivity contribution in [1.82, 2.24) is 0 Å². The van der Waals surface area contributed by atoms with Gasteiger partial charge in [0.2, 0.25) is 0 Å². The summed E-state index contributed by atoms with van der Waals surface area (Å²) in [7, 11) is 0. The minimum Gasteiger partial charge on any atom is -0.868 e. The van der Waals surface area contributed by atoms with Crippen molar-refractivity contribution in [2.75, 3.05) is 0 Å². The van der Waals surface area contributed by atoms with E-state index in [1.807, 2.05) is 6.56 Å². The molecule has 0 saturated heterocycles. The first kappa shape index (κ1) is 36.4. The van der Waals surface area contributed by atoms with Crippen LogP contribution < -0.4 is 10.2 Å². The van der Waals surface area contributed by atoms with Gasteiger partial charge in [-0.05, 0) is 11.5 Å². The zero-order valence-electron chi connectivity index (χ0n) is 23.1. The van der Waals surface area contributed by atoms with Crippen LogP contribution in [0.2, 0.25) is 0 Å². The SMILES string of the molecule is CCCCC1=[C]([Zr+2][C]2=C(CCCC)C=CC2)CC=C1.[O-]c1c(F)c(F)c(F)c(F)c1F.[O-]c1c(F)c(F)c(F)c(F)c1F. The van der Waals surface area contributed by atoms with Gasteiger partial charge in [0.25, 0.3) is 0 Å². The smallest absolute Gasteiger partial charge is 0.200 e. The van der Waals surface area contributed by atoms with Gasteiger partial charge in [-0.15, -0.1) is 0 Å². The Morgan fingerprint density at radius 1 is 0.512 bits per heavy atom. The standard InChI is InChI=1S/2C9H13.2C6HF5O.Zr/c2*1-2-3-6-9-7-4-5-8-9;2*7-1-2(8)4(10)6(12)5(11)3(1)9;/h2*4,7H,2-3,5-6H2,1H3;2*12H;/q;;;;+2/p-2. The summed E-state index contributed by atoms with van der Waals surface area (Å²) in [5.74, 6) is -27.2. The fourth-order valence-corrected chi connectivity index (χ4v) is 7.71. The molecule has 0 bridgehead atoms. The van der Waals surface area contributed by atoms with Gasteiger partial charge in [0.05, 0.1) is 0 Å². The molecular formula is C30H26F10O2Zr. The van der Waals surface area contributed by atoms with Crippen LogP contribution in [0.15, 0.2) is 42.0 Å². The Hall–Kier alpha value is -2.82. The van der Waals surface area contributed by atoms with E-state index in [9.17, 15) is 54.1 Å². The van der Waals surface area contributed by atoms with Crippen molar-refractivity contribution in [1.29, 1.82) is 0 Å². The predicted octanol–water partition coefficient (Wildman–Crippen LogP) is 8.79. The Morgan fingerprint density at radius 3 is 1.07 bits per heavy atom. The summed E-state index contributed by atoms with van der Waals surface area (Å²) in [6, 6.07) is 0. The topological polar surface area (TPSA) is 46.1 Å². The second kappa shape index (κ2) is 16.9. The van der Waals surface area contributed by atoms with Crippen molar-refractivity contribution in [3.63, 3.8) is 0 Å². The molecular weight excluding hydrogens is 674 g/mol. The van der Waals surface area contributed by atoms with E-state index in [1.165, 1.54) is 51.4 Å². The van der Waals surface area contributed by atoms with Gasteiger partial charge in [-0.1, -0.05) is 0 Å². The largest absolute Gasteiger partial charge is 0.868 e. The maximum atomic E-state index is 12.1. The average molecular weight is 700 g/mol. The second-order valence-electron chi connectivity index (χ2n) is 9.35. The molecule has 0 atom stereocenters. The molecule has 0 amide bonds. The zero-order valence-corrected chi connectivity index (χ0v) is 25.5. The normalized spacial score (nSPS) is 13.7. The van der Waals surface area contributed by atoms with Gasteiger partial charge in [0.15, 0.2) is 58.2 Å². The molecule has 0 fully saturated rings. The first-order valence-electron chi connectivity index (χ1n) is 13.2. The Labute approximate surface area is 253 Å². The molecule has 0 aliphatic heterocycles. The van der Waals surface area contributed by atoms with E-state index in [2.05, 4.69) is 38.2 Å². The van der Waals surface area contributed by atoms with Crippen LogP contribution in [0, 0.1) is 58.2 Å². The molecule has 2 aliphatic carbocycles. The summed E-state index contributed by atoms with van der Waals surface area (Å²) < 4.78 is 125. The minimum absolute atomic E-state index is 0.463. The van der Waals surface area contributed by atoms with Crippen molar-refractivity contribution in [2.24, 2.45) is 0 Å². The maximum absolute atomic E-state index is 12.1. The van der Waals surface area contributed by atoms with Crippen molar-refractivity contribution in [2.45, 2.75) is 65.2 Å². The van der Waals surface area contributed by atoms with Gasteiger partial charge in [0, 0.05) is 0 Å². The van der Waals surface area contributed by atoms with Gasteiger partial charge in [-0.25, -0.2) is 43.9 Å². The van der Waals surface area contributed by atoms with E-state index in [1.54, 1.807) is 11.1 Å². The van der Waals surface area contributed by atoms with Crippen LogP contribution in [0.25, 0.3) is 0 Å². The van der Waals surface area contributed by atoms with Crippen LogP contribution in [0.4, 0.5) is 43.9 Å². The maximum Gasteiger partial charge on any atom is 0.200 e. The number of hydrogen-bond donors (Lipinski definition) is 0. The number of allylic oxidation sites excluding steroid dienone is 8. The molecule has 0 aromatic heterocycles. The van der Waals surface area contributed by atoms with Crippen LogP contribution in [0.5, 0.6) is 11.5 Å². The fourth-order valence-electron chi connectivity index (χ4n) is 3.92. The first-order valence-corrected chi connectivity index (χ1v) is 15.6. The molecule has 2 aromatic carbocycles. The summed E-state index contributed by atoms with van der Waals surface area (Å²) in [6.45, 7) is 4.59. The molecule has 43 heavy (non-hydrogen) atoms. The molecule has 232 valence electrons. The van der Waals surface area contributed by atoms with Crippen LogP contribution in [0.3, 0.4) is 0 Å². The third kappa shape index (κ3) is 9.09. The average Bonchev–Trinajstić information content (AvgIpc) is 3.66. The van der Waals surface area contributed by atoms with Crippen LogP contribution in [-0.4, -0.2) is 0 Å². The summed E-state index contributed by atoms with van der Waals surface area (Å²) in [6.07, 6.45) is 20.2.